The van der Waals surface area contributed by atoms with E-state index in [-0.39, 0.29) is 30.6 Å². The molecule has 12 nitrogen and oxygen atoms in total. The minimum atomic E-state index is -1.16. The first-order valence-corrected chi connectivity index (χ1v) is 9.53. The zero-order valence-electron chi connectivity index (χ0n) is 18.4. The van der Waals surface area contributed by atoms with Crippen LogP contribution in [0.5, 0.6) is 11.5 Å². The van der Waals surface area contributed by atoms with E-state index in [1.807, 2.05) is 0 Å². The van der Waals surface area contributed by atoms with Crippen molar-refractivity contribution in [3.05, 3.63) is 23.8 Å². The minimum absolute atomic E-state index is 0.0332. The summed E-state index contributed by atoms with van der Waals surface area (Å²) >= 11 is 0. The molecule has 1 unspecified atom stereocenters. The molecule has 2 atom stereocenters. The van der Waals surface area contributed by atoms with Gasteiger partial charge in [-0.1, -0.05) is 6.07 Å². The standard InChI is InChI=1S/C20H27NO11/c1-11(2)29-20(26)30-12(3)10-21-14(17(22)23)8-13-6-7-15(31-18(24)27-4)16(9-13)32-19(25)28-5/h6-7,9,11-12,14,21H,8,10H2,1-5H3,(H,22,23)/t12?,14-/m0/s1. The van der Waals surface area contributed by atoms with Gasteiger partial charge in [-0.25, -0.2) is 14.4 Å². The molecule has 0 aliphatic heterocycles. The van der Waals surface area contributed by atoms with Crippen LogP contribution in [0.2, 0.25) is 0 Å². The van der Waals surface area contributed by atoms with Crippen molar-refractivity contribution in [2.75, 3.05) is 20.8 Å². The highest BCUT2D eigenvalue weighted by atomic mass is 16.7. The second kappa shape index (κ2) is 13.0. The third-order valence-corrected chi connectivity index (χ3v) is 3.75. The molecule has 0 aliphatic rings. The highest BCUT2D eigenvalue weighted by Gasteiger charge is 2.22. The number of hydrogen-bond acceptors (Lipinski definition) is 11. The van der Waals surface area contributed by atoms with E-state index in [2.05, 4.69) is 14.8 Å². The average molecular weight is 457 g/mol. The molecular weight excluding hydrogens is 430 g/mol. The van der Waals surface area contributed by atoms with Crippen LogP contribution in [0.4, 0.5) is 14.4 Å². The first-order valence-electron chi connectivity index (χ1n) is 9.53. The van der Waals surface area contributed by atoms with Crippen LogP contribution in [0.1, 0.15) is 26.3 Å². The molecule has 0 saturated carbocycles. The smallest absolute Gasteiger partial charge is 0.480 e. The Morgan fingerprint density at radius 1 is 0.906 bits per heavy atom. The summed E-state index contributed by atoms with van der Waals surface area (Å²) in [5.41, 5.74) is 0.439. The minimum Gasteiger partial charge on any atom is -0.480 e. The van der Waals surface area contributed by atoms with Gasteiger partial charge in [-0.3, -0.25) is 4.79 Å². The fourth-order valence-electron chi connectivity index (χ4n) is 2.32. The molecule has 0 bridgehead atoms. The van der Waals surface area contributed by atoms with E-state index < -0.39 is 36.6 Å². The Balaban J connectivity index is 2.88. The summed E-state index contributed by atoms with van der Waals surface area (Å²) in [5, 5.41) is 12.3. The van der Waals surface area contributed by atoms with Gasteiger partial charge in [0.25, 0.3) is 0 Å². The summed E-state index contributed by atoms with van der Waals surface area (Å²) in [6.07, 6.45) is -3.99. The largest absolute Gasteiger partial charge is 0.513 e. The highest BCUT2D eigenvalue weighted by Crippen LogP contribution is 2.30. The molecular formula is C20H27NO11. The SMILES string of the molecule is COC(=O)Oc1ccc(C[C@H](NCC(C)OC(=O)OC(C)C)C(=O)O)cc1OC(=O)OC. The average Bonchev–Trinajstić information content (AvgIpc) is 2.71. The Bertz CT molecular complexity index is 809. The van der Waals surface area contributed by atoms with Gasteiger partial charge >= 0.3 is 24.4 Å². The normalized spacial score (nSPS) is 12.3. The van der Waals surface area contributed by atoms with E-state index in [9.17, 15) is 24.3 Å². The quantitative estimate of drug-likeness (QED) is 0.301. The van der Waals surface area contributed by atoms with E-state index in [0.29, 0.717) is 5.56 Å². The van der Waals surface area contributed by atoms with E-state index in [1.165, 1.54) is 18.2 Å². The summed E-state index contributed by atoms with van der Waals surface area (Å²) in [4.78, 5) is 46.1. The van der Waals surface area contributed by atoms with Crippen LogP contribution in [-0.2, 0) is 30.2 Å². The van der Waals surface area contributed by atoms with Crippen molar-refractivity contribution in [1.82, 2.24) is 5.32 Å². The van der Waals surface area contributed by atoms with Crippen molar-refractivity contribution in [2.45, 2.75) is 45.4 Å². The number of carbonyl (C=O) groups is 4. The van der Waals surface area contributed by atoms with Gasteiger partial charge < -0.3 is 38.8 Å². The van der Waals surface area contributed by atoms with Crippen LogP contribution in [0.3, 0.4) is 0 Å². The summed E-state index contributed by atoms with van der Waals surface area (Å²) in [7, 11) is 2.20. The van der Waals surface area contributed by atoms with Crippen LogP contribution in [0.15, 0.2) is 18.2 Å². The first-order chi connectivity index (χ1) is 15.0. The highest BCUT2D eigenvalue weighted by molar-refractivity contribution is 5.74. The third-order valence-electron chi connectivity index (χ3n) is 3.75. The number of nitrogens with one attached hydrogen (secondary N) is 1. The first kappa shape index (κ1) is 26.5. The second-order valence-electron chi connectivity index (χ2n) is 6.74. The zero-order chi connectivity index (χ0) is 24.3. The van der Waals surface area contributed by atoms with E-state index in [4.69, 9.17) is 18.9 Å². The van der Waals surface area contributed by atoms with Crippen LogP contribution >= 0.6 is 0 Å². The fourth-order valence-corrected chi connectivity index (χ4v) is 2.32. The number of carboxylic acids is 1. The molecule has 0 fully saturated rings. The zero-order valence-corrected chi connectivity index (χ0v) is 18.4. The number of aliphatic carboxylic acids is 1. The van der Waals surface area contributed by atoms with Crippen LogP contribution < -0.4 is 14.8 Å². The predicted octanol–water partition coefficient (Wildman–Crippen LogP) is 2.51. The van der Waals surface area contributed by atoms with Gasteiger partial charge in [-0.05, 0) is 44.9 Å². The van der Waals surface area contributed by atoms with Crippen molar-refractivity contribution in [3.8, 4) is 11.5 Å². The van der Waals surface area contributed by atoms with E-state index in [1.54, 1.807) is 20.8 Å². The molecule has 178 valence electrons. The number of carbonyl (C=O) groups excluding carboxylic acids is 3. The molecule has 1 rings (SSSR count). The number of methoxy groups -OCH3 is 2. The maximum atomic E-state index is 11.7. The van der Waals surface area contributed by atoms with Gasteiger partial charge in [-0.2, -0.15) is 0 Å². The van der Waals surface area contributed by atoms with Crippen LogP contribution in [-0.4, -0.2) is 68.6 Å². The lowest BCUT2D eigenvalue weighted by molar-refractivity contribution is -0.139. The Morgan fingerprint density at radius 3 is 2.03 bits per heavy atom. The maximum absolute atomic E-state index is 11.7. The van der Waals surface area contributed by atoms with Crippen molar-refractivity contribution in [3.63, 3.8) is 0 Å². The van der Waals surface area contributed by atoms with E-state index in [0.717, 1.165) is 14.2 Å². The summed E-state index contributed by atoms with van der Waals surface area (Å²) in [5.74, 6) is -1.46. The number of ether oxygens (including phenoxy) is 6. The van der Waals surface area contributed by atoms with Gasteiger partial charge in [0.15, 0.2) is 11.5 Å². The lowest BCUT2D eigenvalue weighted by Crippen LogP contribution is -2.42. The topological polar surface area (TPSA) is 156 Å². The number of rotatable bonds is 10. The molecule has 12 heteroatoms. The molecule has 1 aromatic rings. The molecule has 0 spiro atoms. The molecule has 0 saturated heterocycles. The number of benzene rings is 1. The van der Waals surface area contributed by atoms with Gasteiger partial charge in [0.1, 0.15) is 12.1 Å². The summed E-state index contributed by atoms with van der Waals surface area (Å²) in [6, 6.07) is 3.06. The monoisotopic (exact) mass is 457 g/mol. The number of hydrogen-bond donors (Lipinski definition) is 2. The fraction of sp³-hybridized carbons (Fsp3) is 0.500. The molecule has 1 aromatic carbocycles. The maximum Gasteiger partial charge on any atom is 0.513 e. The third kappa shape index (κ3) is 9.51. The molecule has 0 amide bonds. The van der Waals surface area contributed by atoms with Gasteiger partial charge in [0.05, 0.1) is 20.3 Å². The van der Waals surface area contributed by atoms with Gasteiger partial charge in [0.2, 0.25) is 0 Å². The van der Waals surface area contributed by atoms with E-state index >= 15 is 0 Å². The predicted molar refractivity (Wildman–Crippen MR) is 108 cm³/mol. The molecule has 2 N–H and O–H groups in total. The molecule has 0 aliphatic carbocycles. The van der Waals surface area contributed by atoms with Crippen LogP contribution in [0.25, 0.3) is 0 Å². The summed E-state index contributed by atoms with van der Waals surface area (Å²) in [6.45, 7) is 4.96. The number of carboxylic acid groups (broad SMARTS) is 1. The van der Waals surface area contributed by atoms with Gasteiger partial charge in [-0.15, -0.1) is 0 Å². The lowest BCUT2D eigenvalue weighted by Gasteiger charge is -2.19. The molecule has 32 heavy (non-hydrogen) atoms. The molecule has 0 aromatic heterocycles. The molecule has 0 radical (unpaired) electrons. The van der Waals surface area contributed by atoms with Crippen molar-refractivity contribution >= 4 is 24.4 Å². The van der Waals surface area contributed by atoms with Gasteiger partial charge in [0, 0.05) is 6.54 Å². The Labute approximate surface area is 184 Å². The second-order valence-corrected chi connectivity index (χ2v) is 6.74. The summed E-state index contributed by atoms with van der Waals surface area (Å²) < 4.78 is 28.6. The van der Waals surface area contributed by atoms with Crippen molar-refractivity contribution in [1.29, 1.82) is 0 Å². The lowest BCUT2D eigenvalue weighted by atomic mass is 10.0. The van der Waals surface area contributed by atoms with Crippen molar-refractivity contribution in [2.24, 2.45) is 0 Å². The Kier molecular flexibility index (Phi) is 10.8. The molecule has 0 heterocycles. The van der Waals surface area contributed by atoms with Crippen LogP contribution in [0, 0.1) is 0 Å². The Hall–Kier alpha value is -3.54. The Morgan fingerprint density at radius 2 is 1.50 bits per heavy atom. The van der Waals surface area contributed by atoms with Crippen molar-refractivity contribution < 1.29 is 52.7 Å².